The van der Waals surface area contributed by atoms with Crippen LogP contribution in [0.2, 0.25) is 0 Å². The second-order valence-electron chi connectivity index (χ2n) is 6.04. The number of hydrogen-bond acceptors (Lipinski definition) is 4. The van der Waals surface area contributed by atoms with E-state index in [0.29, 0.717) is 25.3 Å². The largest absolute Gasteiger partial charge is 0.488 e. The highest BCUT2D eigenvalue weighted by atomic mass is 16.5. The van der Waals surface area contributed by atoms with Gasteiger partial charge in [-0.25, -0.2) is 4.98 Å². The first-order valence-electron chi connectivity index (χ1n) is 8.05. The number of ether oxygens (including phenoxy) is 2. The maximum atomic E-state index is 13.0. The zero-order valence-corrected chi connectivity index (χ0v) is 13.5. The van der Waals surface area contributed by atoms with Crippen molar-refractivity contribution in [3.8, 4) is 5.75 Å². The number of benzene rings is 1. The first-order valence-corrected chi connectivity index (χ1v) is 8.05. The Balaban J connectivity index is 1.62. The number of hydrogen-bond donors (Lipinski definition) is 1. The number of amides is 1. The van der Waals surface area contributed by atoms with Crippen LogP contribution in [-0.4, -0.2) is 47.1 Å². The van der Waals surface area contributed by atoms with Crippen LogP contribution in [0, 0.1) is 6.92 Å². The minimum absolute atomic E-state index is 0.0214. The molecule has 0 bridgehead atoms. The smallest absolute Gasteiger partial charge is 0.254 e. The summed E-state index contributed by atoms with van der Waals surface area (Å²) in [6, 6.07) is 7.54. The fourth-order valence-corrected chi connectivity index (χ4v) is 3.10. The van der Waals surface area contributed by atoms with Gasteiger partial charge in [-0.15, -0.1) is 0 Å². The molecule has 24 heavy (non-hydrogen) atoms. The number of carbonyl (C=O) groups is 1. The molecule has 3 heterocycles. The molecule has 2 aliphatic heterocycles. The molecule has 1 aromatic heterocycles. The molecule has 0 unspecified atom stereocenters. The van der Waals surface area contributed by atoms with Gasteiger partial charge in [-0.3, -0.25) is 4.79 Å². The maximum Gasteiger partial charge on any atom is 0.254 e. The summed E-state index contributed by atoms with van der Waals surface area (Å²) < 4.78 is 11.3. The Labute approximate surface area is 140 Å². The molecule has 2 aromatic rings. The Bertz CT molecular complexity index is 796. The summed E-state index contributed by atoms with van der Waals surface area (Å²) in [7, 11) is 0. The number of rotatable bonds is 2. The summed E-state index contributed by atoms with van der Waals surface area (Å²) in [5.74, 6) is 1.55. The molecule has 0 saturated carbocycles. The Morgan fingerprint density at radius 2 is 2.25 bits per heavy atom. The Morgan fingerprint density at radius 1 is 1.38 bits per heavy atom. The van der Waals surface area contributed by atoms with Gasteiger partial charge in [0, 0.05) is 24.0 Å². The highest BCUT2D eigenvalue weighted by Crippen LogP contribution is 2.29. The molecule has 6 heteroatoms. The van der Waals surface area contributed by atoms with Gasteiger partial charge >= 0.3 is 0 Å². The van der Waals surface area contributed by atoms with Gasteiger partial charge in [0.05, 0.1) is 18.8 Å². The van der Waals surface area contributed by atoms with Crippen LogP contribution in [0.25, 0.3) is 6.08 Å². The van der Waals surface area contributed by atoms with E-state index in [9.17, 15) is 4.79 Å². The number of imidazole rings is 1. The molecule has 1 saturated heterocycles. The molecule has 124 valence electrons. The lowest BCUT2D eigenvalue weighted by molar-refractivity contribution is -0.136. The number of fused-ring (bicyclic) bond motifs is 1. The van der Waals surface area contributed by atoms with Gasteiger partial charge < -0.3 is 19.4 Å². The molecular weight excluding hydrogens is 306 g/mol. The fraction of sp³-hybridized carbons (Fsp3) is 0.333. The van der Waals surface area contributed by atoms with Crippen molar-refractivity contribution in [3.63, 3.8) is 0 Å². The van der Waals surface area contributed by atoms with Crippen LogP contribution in [0.15, 0.2) is 36.0 Å². The van der Waals surface area contributed by atoms with Gasteiger partial charge in [0.25, 0.3) is 5.91 Å². The van der Waals surface area contributed by atoms with E-state index in [0.717, 1.165) is 22.8 Å². The Hall–Kier alpha value is -2.60. The molecule has 0 spiro atoms. The number of carbonyl (C=O) groups excluding carboxylic acids is 1. The number of aromatic amines is 1. The van der Waals surface area contributed by atoms with Gasteiger partial charge in [-0.05, 0) is 19.1 Å². The molecule has 4 rings (SSSR count). The summed E-state index contributed by atoms with van der Waals surface area (Å²) in [5.41, 5.74) is 2.56. The predicted molar refractivity (Wildman–Crippen MR) is 88.5 cm³/mol. The summed E-state index contributed by atoms with van der Waals surface area (Å²) in [6.45, 7) is 3.76. The summed E-state index contributed by atoms with van der Waals surface area (Å²) in [5, 5.41) is 0. The standard InChI is InChI=1S/C18H19N3O3/c1-12-9-19-17(20-12)15-11-23-7-6-21(15)18(22)14-8-13-4-2-3-5-16(13)24-10-14/h2-5,8-9,15H,6-7,10-11H2,1H3,(H,19,20)/t15-/m0/s1. The van der Waals surface area contributed by atoms with E-state index < -0.39 is 0 Å². The first-order chi connectivity index (χ1) is 11.7. The van der Waals surface area contributed by atoms with Crippen LogP contribution in [0.3, 0.4) is 0 Å². The van der Waals surface area contributed by atoms with E-state index >= 15 is 0 Å². The van der Waals surface area contributed by atoms with Crippen LogP contribution in [0.5, 0.6) is 5.75 Å². The van der Waals surface area contributed by atoms with Crippen molar-refractivity contribution >= 4 is 12.0 Å². The van der Waals surface area contributed by atoms with Crippen molar-refractivity contribution in [2.45, 2.75) is 13.0 Å². The summed E-state index contributed by atoms with van der Waals surface area (Å²) >= 11 is 0. The first kappa shape index (κ1) is 15.0. The molecular formula is C18H19N3O3. The zero-order chi connectivity index (χ0) is 16.5. The quantitative estimate of drug-likeness (QED) is 0.918. The fourth-order valence-electron chi connectivity index (χ4n) is 3.10. The highest BCUT2D eigenvalue weighted by Gasteiger charge is 2.33. The van der Waals surface area contributed by atoms with Crippen molar-refractivity contribution < 1.29 is 14.3 Å². The molecule has 1 amide bonds. The van der Waals surface area contributed by atoms with Crippen molar-refractivity contribution in [3.05, 3.63) is 53.1 Å². The molecule has 0 aliphatic carbocycles. The van der Waals surface area contributed by atoms with Gasteiger partial charge in [0.1, 0.15) is 24.2 Å². The molecule has 6 nitrogen and oxygen atoms in total. The van der Waals surface area contributed by atoms with Crippen molar-refractivity contribution in [1.29, 1.82) is 0 Å². The monoisotopic (exact) mass is 325 g/mol. The van der Waals surface area contributed by atoms with E-state index in [1.165, 1.54) is 0 Å². The Morgan fingerprint density at radius 3 is 3.08 bits per heavy atom. The zero-order valence-electron chi connectivity index (χ0n) is 13.5. The second-order valence-corrected chi connectivity index (χ2v) is 6.04. The lowest BCUT2D eigenvalue weighted by atomic mass is 10.1. The number of nitrogens with zero attached hydrogens (tertiary/aromatic N) is 2. The molecule has 2 aliphatic rings. The van der Waals surface area contributed by atoms with Crippen LogP contribution in [0.4, 0.5) is 0 Å². The van der Waals surface area contributed by atoms with E-state index in [4.69, 9.17) is 9.47 Å². The third-order valence-corrected chi connectivity index (χ3v) is 4.33. The number of aromatic nitrogens is 2. The molecule has 0 radical (unpaired) electrons. The lowest BCUT2D eigenvalue weighted by Gasteiger charge is -2.35. The van der Waals surface area contributed by atoms with Crippen molar-refractivity contribution in [2.75, 3.05) is 26.4 Å². The van der Waals surface area contributed by atoms with E-state index in [1.54, 1.807) is 6.20 Å². The van der Waals surface area contributed by atoms with Gasteiger partial charge in [-0.2, -0.15) is 0 Å². The number of aryl methyl sites for hydroxylation is 1. The van der Waals surface area contributed by atoms with Crippen LogP contribution in [-0.2, 0) is 9.53 Å². The van der Waals surface area contributed by atoms with Crippen LogP contribution >= 0.6 is 0 Å². The third kappa shape index (κ3) is 2.69. The lowest BCUT2D eigenvalue weighted by Crippen LogP contribution is -2.45. The topological polar surface area (TPSA) is 67.4 Å². The maximum absolute atomic E-state index is 13.0. The minimum atomic E-state index is -0.196. The number of H-pyrrole nitrogens is 1. The average molecular weight is 325 g/mol. The number of morpholine rings is 1. The van der Waals surface area contributed by atoms with Crippen molar-refractivity contribution in [2.24, 2.45) is 0 Å². The molecule has 1 atom stereocenters. The van der Waals surface area contributed by atoms with E-state index in [2.05, 4.69) is 9.97 Å². The van der Waals surface area contributed by atoms with Gasteiger partial charge in [-0.1, -0.05) is 18.2 Å². The predicted octanol–water partition coefficient (Wildman–Crippen LogP) is 2.09. The number of nitrogens with one attached hydrogen (secondary N) is 1. The summed E-state index contributed by atoms with van der Waals surface area (Å²) in [4.78, 5) is 22.4. The van der Waals surface area contributed by atoms with Crippen LogP contribution < -0.4 is 4.74 Å². The van der Waals surface area contributed by atoms with Gasteiger partial charge in [0.15, 0.2) is 0 Å². The normalized spacial score (nSPS) is 20.1. The minimum Gasteiger partial charge on any atom is -0.488 e. The number of para-hydroxylation sites is 1. The van der Waals surface area contributed by atoms with E-state index in [-0.39, 0.29) is 18.6 Å². The second kappa shape index (κ2) is 6.13. The van der Waals surface area contributed by atoms with E-state index in [1.807, 2.05) is 42.2 Å². The molecule has 1 aromatic carbocycles. The SMILES string of the molecule is Cc1cnc([C@@H]2COCCN2C(=O)C2=Cc3ccccc3OC2)[nH]1. The molecule has 1 N–H and O–H groups in total. The Kier molecular flexibility index (Phi) is 3.82. The highest BCUT2D eigenvalue weighted by molar-refractivity contribution is 5.99. The van der Waals surface area contributed by atoms with Crippen LogP contribution in [0.1, 0.15) is 23.1 Å². The van der Waals surface area contributed by atoms with Crippen molar-refractivity contribution in [1.82, 2.24) is 14.9 Å². The average Bonchev–Trinajstić information content (AvgIpc) is 3.07. The molecule has 1 fully saturated rings. The summed E-state index contributed by atoms with van der Waals surface area (Å²) in [6.07, 6.45) is 3.69. The van der Waals surface area contributed by atoms with Gasteiger partial charge in [0.2, 0.25) is 0 Å². The third-order valence-electron chi connectivity index (χ3n) is 4.33.